The first-order valence-corrected chi connectivity index (χ1v) is 6.21. The van der Waals surface area contributed by atoms with Gasteiger partial charge in [0.25, 0.3) is 0 Å². The average molecular weight is 240 g/mol. The highest BCUT2D eigenvalue weighted by atomic mass is 16.5. The first kappa shape index (κ1) is 11.1. The van der Waals surface area contributed by atoms with Gasteiger partial charge in [0, 0.05) is 11.8 Å². The number of nitrogens with two attached hydrogens (primary N) is 1. The highest BCUT2D eigenvalue weighted by Gasteiger charge is 2.23. The molecular weight excluding hydrogens is 224 g/mol. The summed E-state index contributed by atoms with van der Waals surface area (Å²) in [5, 5.41) is 0. The molecule has 92 valence electrons. The number of hydrogen-bond acceptors (Lipinski definition) is 3. The summed E-state index contributed by atoms with van der Waals surface area (Å²) in [6.45, 7) is 1.97. The quantitative estimate of drug-likeness (QED) is 0.896. The molecule has 1 aliphatic rings. The van der Waals surface area contributed by atoms with Gasteiger partial charge in [-0.3, -0.25) is 0 Å². The molecule has 0 spiro atoms. The van der Waals surface area contributed by atoms with E-state index in [1.807, 2.05) is 19.1 Å². The molecule has 2 aromatic rings. The molecule has 0 aliphatic heterocycles. The Morgan fingerprint density at radius 1 is 1.17 bits per heavy atom. The number of benzene rings is 1. The van der Waals surface area contributed by atoms with Crippen molar-refractivity contribution in [3.05, 3.63) is 42.1 Å². The lowest BCUT2D eigenvalue weighted by molar-refractivity contribution is 0.303. The van der Waals surface area contributed by atoms with Crippen LogP contribution >= 0.6 is 0 Å². The van der Waals surface area contributed by atoms with Gasteiger partial charge in [0.2, 0.25) is 0 Å². The Kier molecular flexibility index (Phi) is 2.67. The van der Waals surface area contributed by atoms with Crippen molar-refractivity contribution in [2.75, 3.05) is 5.73 Å². The zero-order valence-electron chi connectivity index (χ0n) is 10.4. The molecule has 1 aromatic heterocycles. The van der Waals surface area contributed by atoms with Gasteiger partial charge in [0.15, 0.2) is 0 Å². The maximum absolute atomic E-state index is 5.72. The second-order valence-electron chi connectivity index (χ2n) is 4.77. The predicted molar refractivity (Wildman–Crippen MR) is 72.5 cm³/mol. The van der Waals surface area contributed by atoms with Crippen LogP contribution in [0.4, 0.5) is 5.82 Å². The van der Waals surface area contributed by atoms with Gasteiger partial charge in [-0.1, -0.05) is 12.1 Å². The number of aromatic nitrogens is 1. The molecule has 0 atom stereocenters. The Balaban J connectivity index is 1.84. The fraction of sp³-hybridized carbons (Fsp3) is 0.267. The second-order valence-corrected chi connectivity index (χ2v) is 4.77. The van der Waals surface area contributed by atoms with Crippen LogP contribution in [0.5, 0.6) is 5.75 Å². The maximum Gasteiger partial charge on any atom is 0.126 e. The van der Waals surface area contributed by atoms with Gasteiger partial charge >= 0.3 is 0 Å². The summed E-state index contributed by atoms with van der Waals surface area (Å²) in [5.74, 6) is 1.54. The van der Waals surface area contributed by atoms with E-state index in [9.17, 15) is 0 Å². The maximum atomic E-state index is 5.72. The molecule has 0 unspecified atom stereocenters. The normalized spacial score (nSPS) is 14.5. The zero-order valence-corrected chi connectivity index (χ0v) is 10.4. The van der Waals surface area contributed by atoms with Gasteiger partial charge in [-0.25, -0.2) is 4.98 Å². The lowest BCUT2D eigenvalue weighted by atomic mass is 10.1. The molecule has 2 N–H and O–H groups in total. The number of ether oxygens (including phenoxy) is 1. The van der Waals surface area contributed by atoms with E-state index in [0.29, 0.717) is 11.9 Å². The summed E-state index contributed by atoms with van der Waals surface area (Å²) in [5.41, 5.74) is 8.94. The van der Waals surface area contributed by atoms with Crippen molar-refractivity contribution in [3.8, 4) is 16.9 Å². The van der Waals surface area contributed by atoms with Gasteiger partial charge in [0.1, 0.15) is 11.6 Å². The summed E-state index contributed by atoms with van der Waals surface area (Å²) in [6.07, 6.45) is 4.61. The van der Waals surface area contributed by atoms with Crippen LogP contribution in [-0.2, 0) is 0 Å². The Hall–Kier alpha value is -2.03. The van der Waals surface area contributed by atoms with Crippen LogP contribution in [0.2, 0.25) is 0 Å². The number of hydrogen-bond donors (Lipinski definition) is 1. The molecular formula is C15H16N2O. The highest BCUT2D eigenvalue weighted by Crippen LogP contribution is 2.29. The molecule has 3 nitrogen and oxygen atoms in total. The van der Waals surface area contributed by atoms with Gasteiger partial charge in [-0.15, -0.1) is 0 Å². The number of aryl methyl sites for hydroxylation is 1. The fourth-order valence-corrected chi connectivity index (χ4v) is 1.85. The van der Waals surface area contributed by atoms with E-state index in [-0.39, 0.29) is 0 Å². The summed E-state index contributed by atoms with van der Waals surface area (Å²) in [6, 6.07) is 10.2. The number of pyridine rings is 1. The molecule has 0 amide bonds. The van der Waals surface area contributed by atoms with Crippen molar-refractivity contribution in [3.63, 3.8) is 0 Å². The Morgan fingerprint density at radius 2 is 1.89 bits per heavy atom. The number of rotatable bonds is 3. The molecule has 1 heterocycles. The van der Waals surface area contributed by atoms with Crippen molar-refractivity contribution in [1.29, 1.82) is 0 Å². The van der Waals surface area contributed by atoms with E-state index in [4.69, 9.17) is 10.5 Å². The summed E-state index contributed by atoms with van der Waals surface area (Å²) < 4.78 is 5.72. The highest BCUT2D eigenvalue weighted by molar-refractivity contribution is 5.65. The summed E-state index contributed by atoms with van der Waals surface area (Å²) in [7, 11) is 0. The van der Waals surface area contributed by atoms with Crippen LogP contribution in [0, 0.1) is 6.92 Å². The number of anilines is 1. The molecule has 3 rings (SSSR count). The van der Waals surface area contributed by atoms with Crippen LogP contribution < -0.4 is 10.5 Å². The third-order valence-corrected chi connectivity index (χ3v) is 3.13. The number of nitrogen functional groups attached to an aromatic ring is 1. The molecule has 18 heavy (non-hydrogen) atoms. The minimum absolute atomic E-state index is 0.441. The molecule has 3 heteroatoms. The molecule has 1 aliphatic carbocycles. The van der Waals surface area contributed by atoms with E-state index >= 15 is 0 Å². The minimum Gasteiger partial charge on any atom is -0.490 e. The fourth-order valence-electron chi connectivity index (χ4n) is 1.85. The van der Waals surface area contributed by atoms with Crippen LogP contribution in [0.25, 0.3) is 11.1 Å². The predicted octanol–water partition coefficient (Wildman–Crippen LogP) is 3.18. The largest absolute Gasteiger partial charge is 0.490 e. The van der Waals surface area contributed by atoms with Gasteiger partial charge in [0.05, 0.1) is 6.10 Å². The smallest absolute Gasteiger partial charge is 0.126 e. The second kappa shape index (κ2) is 4.33. The molecule has 1 aromatic carbocycles. The lowest BCUT2D eigenvalue weighted by Gasteiger charge is -2.07. The first-order valence-electron chi connectivity index (χ1n) is 6.21. The van der Waals surface area contributed by atoms with Gasteiger partial charge < -0.3 is 10.5 Å². The van der Waals surface area contributed by atoms with E-state index in [2.05, 4.69) is 23.2 Å². The molecule has 1 fully saturated rings. The monoisotopic (exact) mass is 240 g/mol. The SMILES string of the molecule is Cc1cc(-c2ccc(OC3CC3)cc2)cnc1N. The molecule has 1 saturated carbocycles. The van der Waals surface area contributed by atoms with E-state index < -0.39 is 0 Å². The van der Waals surface area contributed by atoms with Crippen molar-refractivity contribution in [2.24, 2.45) is 0 Å². The molecule has 0 bridgehead atoms. The molecule has 0 saturated heterocycles. The topological polar surface area (TPSA) is 48.1 Å². The molecule has 0 radical (unpaired) electrons. The van der Waals surface area contributed by atoms with Crippen LogP contribution in [0.1, 0.15) is 18.4 Å². The zero-order chi connectivity index (χ0) is 12.5. The summed E-state index contributed by atoms with van der Waals surface area (Å²) >= 11 is 0. The Morgan fingerprint density at radius 3 is 2.50 bits per heavy atom. The van der Waals surface area contributed by atoms with Gasteiger partial charge in [-0.2, -0.15) is 0 Å². The third kappa shape index (κ3) is 2.30. The van der Waals surface area contributed by atoms with Crippen LogP contribution in [0.15, 0.2) is 36.5 Å². The summed E-state index contributed by atoms with van der Waals surface area (Å²) in [4.78, 5) is 4.18. The van der Waals surface area contributed by atoms with E-state index in [0.717, 1.165) is 22.4 Å². The third-order valence-electron chi connectivity index (χ3n) is 3.13. The van der Waals surface area contributed by atoms with Crippen molar-refractivity contribution >= 4 is 5.82 Å². The van der Waals surface area contributed by atoms with Crippen molar-refractivity contribution in [1.82, 2.24) is 4.98 Å². The van der Waals surface area contributed by atoms with Gasteiger partial charge in [-0.05, 0) is 49.1 Å². The Bertz CT molecular complexity index is 559. The first-order chi connectivity index (χ1) is 8.72. The van der Waals surface area contributed by atoms with Crippen molar-refractivity contribution < 1.29 is 4.74 Å². The van der Waals surface area contributed by atoms with E-state index in [1.165, 1.54) is 12.8 Å². The Labute approximate surface area is 107 Å². The van der Waals surface area contributed by atoms with E-state index in [1.54, 1.807) is 6.20 Å². The lowest BCUT2D eigenvalue weighted by Crippen LogP contribution is -1.96. The average Bonchev–Trinajstić information content (AvgIpc) is 3.18. The van der Waals surface area contributed by atoms with Crippen LogP contribution in [-0.4, -0.2) is 11.1 Å². The van der Waals surface area contributed by atoms with Crippen molar-refractivity contribution in [2.45, 2.75) is 25.9 Å². The van der Waals surface area contributed by atoms with Crippen LogP contribution in [0.3, 0.4) is 0 Å². The standard InChI is InChI=1S/C15H16N2O/c1-10-8-12(9-17-15(10)16)11-2-4-13(5-3-11)18-14-6-7-14/h2-5,8-9,14H,6-7H2,1H3,(H2,16,17). The number of nitrogens with zero attached hydrogens (tertiary/aromatic N) is 1. The minimum atomic E-state index is 0.441.